The van der Waals surface area contributed by atoms with E-state index in [4.69, 9.17) is 19.9 Å². The van der Waals surface area contributed by atoms with Crippen LogP contribution >= 0.6 is 0 Å². The van der Waals surface area contributed by atoms with E-state index in [1.165, 1.54) is 0 Å². The van der Waals surface area contributed by atoms with Gasteiger partial charge in [0.1, 0.15) is 19.0 Å². The normalized spacial score (nSPS) is 14.7. The zero-order valence-corrected chi connectivity index (χ0v) is 11.3. The number of hydrogen-bond acceptors (Lipinski definition) is 4. The Morgan fingerprint density at radius 3 is 2.60 bits per heavy atom. The van der Waals surface area contributed by atoms with Crippen LogP contribution in [0.2, 0.25) is 0 Å². The van der Waals surface area contributed by atoms with Crippen LogP contribution in [0.25, 0.3) is 0 Å². The van der Waals surface area contributed by atoms with Crippen molar-refractivity contribution in [3.63, 3.8) is 0 Å². The van der Waals surface area contributed by atoms with Crippen LogP contribution in [0.1, 0.15) is 17.2 Å². The van der Waals surface area contributed by atoms with E-state index in [1.807, 2.05) is 42.5 Å². The fourth-order valence-electron chi connectivity index (χ4n) is 2.43. The Balaban J connectivity index is 2.04. The molecule has 4 nitrogen and oxygen atoms in total. The summed E-state index contributed by atoms with van der Waals surface area (Å²) in [6.07, 6.45) is 0. The lowest BCUT2D eigenvalue weighted by Crippen LogP contribution is -2.20. The Morgan fingerprint density at radius 1 is 1.00 bits per heavy atom. The number of fused-ring (bicyclic) bond motifs is 1. The Labute approximate surface area is 118 Å². The molecule has 0 fully saturated rings. The molecule has 104 valence electrons. The predicted octanol–water partition coefficient (Wildman–Crippen LogP) is 2.51. The highest BCUT2D eigenvalue weighted by atomic mass is 16.6. The number of methoxy groups -OCH3 is 1. The minimum atomic E-state index is -0.317. The minimum absolute atomic E-state index is 0.317. The van der Waals surface area contributed by atoms with E-state index in [0.717, 1.165) is 28.4 Å². The molecule has 1 heterocycles. The third-order valence-electron chi connectivity index (χ3n) is 3.41. The van der Waals surface area contributed by atoms with Crippen molar-refractivity contribution in [1.82, 2.24) is 0 Å². The molecule has 1 unspecified atom stereocenters. The summed E-state index contributed by atoms with van der Waals surface area (Å²) in [5.74, 6) is 2.26. The quantitative estimate of drug-likeness (QED) is 0.932. The van der Waals surface area contributed by atoms with Crippen LogP contribution < -0.4 is 19.9 Å². The molecular weight excluding hydrogens is 254 g/mol. The summed E-state index contributed by atoms with van der Waals surface area (Å²) < 4.78 is 16.7. The van der Waals surface area contributed by atoms with Gasteiger partial charge >= 0.3 is 0 Å². The Morgan fingerprint density at radius 2 is 1.75 bits per heavy atom. The number of nitrogens with two attached hydrogens (primary N) is 1. The summed E-state index contributed by atoms with van der Waals surface area (Å²) >= 11 is 0. The van der Waals surface area contributed by atoms with Gasteiger partial charge in [0.15, 0.2) is 11.5 Å². The molecule has 20 heavy (non-hydrogen) atoms. The van der Waals surface area contributed by atoms with Gasteiger partial charge in [0.2, 0.25) is 0 Å². The average molecular weight is 271 g/mol. The summed E-state index contributed by atoms with van der Waals surface area (Å²) in [5.41, 5.74) is 8.24. The van der Waals surface area contributed by atoms with Gasteiger partial charge in [-0.25, -0.2) is 0 Å². The van der Waals surface area contributed by atoms with Gasteiger partial charge in [-0.15, -0.1) is 0 Å². The highest BCUT2D eigenvalue weighted by Crippen LogP contribution is 2.39. The van der Waals surface area contributed by atoms with E-state index in [0.29, 0.717) is 13.2 Å². The Bertz CT molecular complexity index is 612. The Hall–Kier alpha value is -2.20. The molecule has 1 aliphatic heterocycles. The maximum absolute atomic E-state index is 6.40. The van der Waals surface area contributed by atoms with Crippen molar-refractivity contribution in [2.45, 2.75) is 6.04 Å². The molecule has 4 heteroatoms. The summed E-state index contributed by atoms with van der Waals surface area (Å²) in [6.45, 7) is 1.11. The fourth-order valence-corrected chi connectivity index (χ4v) is 2.43. The zero-order valence-electron chi connectivity index (χ0n) is 11.3. The van der Waals surface area contributed by atoms with Crippen LogP contribution in [0.3, 0.4) is 0 Å². The van der Waals surface area contributed by atoms with Crippen molar-refractivity contribution >= 4 is 0 Å². The first-order valence-corrected chi connectivity index (χ1v) is 6.58. The van der Waals surface area contributed by atoms with Gasteiger partial charge in [-0.3, -0.25) is 0 Å². The topological polar surface area (TPSA) is 53.7 Å². The predicted molar refractivity (Wildman–Crippen MR) is 76.5 cm³/mol. The van der Waals surface area contributed by atoms with E-state index >= 15 is 0 Å². The van der Waals surface area contributed by atoms with Crippen molar-refractivity contribution < 1.29 is 14.2 Å². The molecule has 0 saturated heterocycles. The first-order valence-electron chi connectivity index (χ1n) is 6.58. The van der Waals surface area contributed by atoms with Crippen molar-refractivity contribution in [3.8, 4) is 17.2 Å². The molecule has 0 saturated carbocycles. The average Bonchev–Trinajstić information content (AvgIpc) is 2.53. The smallest absolute Gasteiger partial charge is 0.166 e. The second-order valence-electron chi connectivity index (χ2n) is 4.59. The molecule has 0 bridgehead atoms. The molecule has 1 atom stereocenters. The van der Waals surface area contributed by atoms with Gasteiger partial charge in [-0.1, -0.05) is 30.3 Å². The third-order valence-corrected chi connectivity index (χ3v) is 3.41. The largest absolute Gasteiger partial charge is 0.496 e. The fraction of sp³-hybridized carbons (Fsp3) is 0.250. The van der Waals surface area contributed by atoms with Crippen molar-refractivity contribution in [2.75, 3.05) is 20.3 Å². The van der Waals surface area contributed by atoms with Gasteiger partial charge in [0.05, 0.1) is 13.2 Å². The van der Waals surface area contributed by atoms with Crippen LogP contribution in [-0.2, 0) is 0 Å². The highest BCUT2D eigenvalue weighted by molar-refractivity contribution is 5.53. The Kier molecular flexibility index (Phi) is 3.48. The molecular formula is C16H17NO3. The summed E-state index contributed by atoms with van der Waals surface area (Å²) in [6, 6.07) is 13.2. The lowest BCUT2D eigenvalue weighted by atomic mass is 9.97. The van der Waals surface area contributed by atoms with Crippen LogP contribution in [0, 0.1) is 0 Å². The molecule has 0 radical (unpaired) electrons. The molecule has 0 amide bonds. The van der Waals surface area contributed by atoms with Gasteiger partial charge in [0.25, 0.3) is 0 Å². The monoisotopic (exact) mass is 271 g/mol. The lowest BCUT2D eigenvalue weighted by Gasteiger charge is -2.24. The second-order valence-corrected chi connectivity index (χ2v) is 4.59. The zero-order chi connectivity index (χ0) is 13.9. The number of ether oxygens (including phenoxy) is 3. The van der Waals surface area contributed by atoms with E-state index < -0.39 is 0 Å². The van der Waals surface area contributed by atoms with Crippen molar-refractivity contribution in [2.24, 2.45) is 5.73 Å². The number of hydrogen-bond donors (Lipinski definition) is 1. The molecule has 0 aliphatic carbocycles. The highest BCUT2D eigenvalue weighted by Gasteiger charge is 2.22. The van der Waals surface area contributed by atoms with Crippen LogP contribution in [-0.4, -0.2) is 20.3 Å². The summed E-state index contributed by atoms with van der Waals surface area (Å²) in [5, 5.41) is 0. The van der Waals surface area contributed by atoms with E-state index in [-0.39, 0.29) is 6.04 Å². The van der Waals surface area contributed by atoms with Gasteiger partial charge in [-0.2, -0.15) is 0 Å². The third kappa shape index (κ3) is 2.18. The maximum atomic E-state index is 6.40. The summed E-state index contributed by atoms with van der Waals surface area (Å²) in [7, 11) is 1.64. The molecule has 2 aromatic rings. The summed E-state index contributed by atoms with van der Waals surface area (Å²) in [4.78, 5) is 0. The van der Waals surface area contributed by atoms with Crippen LogP contribution in [0.4, 0.5) is 0 Å². The minimum Gasteiger partial charge on any atom is -0.496 e. The molecule has 2 N–H and O–H groups in total. The van der Waals surface area contributed by atoms with Gasteiger partial charge < -0.3 is 19.9 Å². The van der Waals surface area contributed by atoms with Gasteiger partial charge in [-0.05, 0) is 12.1 Å². The number of benzene rings is 2. The van der Waals surface area contributed by atoms with Crippen LogP contribution in [0.5, 0.6) is 17.2 Å². The number of para-hydroxylation sites is 2. The molecule has 2 aromatic carbocycles. The first-order chi connectivity index (χ1) is 9.81. The molecule has 0 spiro atoms. The van der Waals surface area contributed by atoms with Crippen molar-refractivity contribution in [1.29, 1.82) is 0 Å². The molecule has 1 aliphatic rings. The molecule has 0 aromatic heterocycles. The second kappa shape index (κ2) is 5.43. The standard InChI is InChI=1S/C16H17NO3/c1-18-13-7-3-2-5-11(13)15(17)12-6-4-8-14-16(12)20-10-9-19-14/h2-8,15H,9-10,17H2,1H3. The van der Waals surface area contributed by atoms with Crippen molar-refractivity contribution in [3.05, 3.63) is 53.6 Å². The van der Waals surface area contributed by atoms with Gasteiger partial charge in [0, 0.05) is 11.1 Å². The molecule has 3 rings (SSSR count). The lowest BCUT2D eigenvalue weighted by molar-refractivity contribution is 0.169. The van der Waals surface area contributed by atoms with Crippen LogP contribution in [0.15, 0.2) is 42.5 Å². The number of rotatable bonds is 3. The van der Waals surface area contributed by atoms with E-state index in [9.17, 15) is 0 Å². The van der Waals surface area contributed by atoms with E-state index in [2.05, 4.69) is 0 Å². The maximum Gasteiger partial charge on any atom is 0.166 e. The van der Waals surface area contributed by atoms with E-state index in [1.54, 1.807) is 7.11 Å². The SMILES string of the molecule is COc1ccccc1C(N)c1cccc2c1OCCO2. The first kappa shape index (κ1) is 12.8.